The van der Waals surface area contributed by atoms with Crippen molar-refractivity contribution in [2.45, 2.75) is 13.0 Å². The van der Waals surface area contributed by atoms with Crippen molar-refractivity contribution in [2.75, 3.05) is 43.9 Å². The predicted octanol–water partition coefficient (Wildman–Crippen LogP) is 1.42. The summed E-state index contributed by atoms with van der Waals surface area (Å²) in [6.45, 7) is 5.29. The molecule has 94 valence electrons. The van der Waals surface area contributed by atoms with Crippen LogP contribution in [0.25, 0.3) is 0 Å². The fourth-order valence-electron chi connectivity index (χ4n) is 2.00. The number of likely N-dealkylation sites (N-methyl/N-ethyl adjacent to an activating group) is 1. The summed E-state index contributed by atoms with van der Waals surface area (Å²) in [7, 11) is 4.03. The molecule has 2 heterocycles. The highest BCUT2D eigenvalue weighted by Crippen LogP contribution is 2.30. The third kappa shape index (κ3) is 2.52. The molecule has 17 heavy (non-hydrogen) atoms. The minimum Gasteiger partial charge on any atom is -0.372 e. The molecule has 0 bridgehead atoms. The summed E-state index contributed by atoms with van der Waals surface area (Å²) in [5.74, 6) is 1.81. The number of anilines is 2. The summed E-state index contributed by atoms with van der Waals surface area (Å²) in [5, 5.41) is 3.06. The first-order chi connectivity index (χ1) is 8.13. The molecular formula is C11H18BrN5. The van der Waals surface area contributed by atoms with Gasteiger partial charge in [0.1, 0.15) is 22.4 Å². The Kier molecular flexibility index (Phi) is 3.83. The van der Waals surface area contributed by atoms with Gasteiger partial charge >= 0.3 is 0 Å². The van der Waals surface area contributed by atoms with Crippen LogP contribution in [-0.2, 0) is 0 Å². The number of piperazine rings is 1. The highest BCUT2D eigenvalue weighted by molar-refractivity contribution is 9.10. The largest absolute Gasteiger partial charge is 0.372 e. The van der Waals surface area contributed by atoms with E-state index in [0.29, 0.717) is 6.04 Å². The van der Waals surface area contributed by atoms with E-state index in [1.165, 1.54) is 0 Å². The SMILES string of the molecule is CNc1ncnc(N2CCN(C)C(C)C2)c1Br. The van der Waals surface area contributed by atoms with Crippen molar-refractivity contribution in [1.29, 1.82) is 0 Å². The number of hydrogen-bond donors (Lipinski definition) is 1. The lowest BCUT2D eigenvalue weighted by Crippen LogP contribution is -2.50. The van der Waals surface area contributed by atoms with Gasteiger partial charge in [0.2, 0.25) is 0 Å². The van der Waals surface area contributed by atoms with Crippen LogP contribution in [0.3, 0.4) is 0 Å². The minimum atomic E-state index is 0.545. The number of hydrogen-bond acceptors (Lipinski definition) is 5. The molecule has 0 saturated carbocycles. The van der Waals surface area contributed by atoms with Crippen molar-refractivity contribution >= 4 is 27.6 Å². The molecule has 6 heteroatoms. The molecule has 1 N–H and O–H groups in total. The molecule has 0 amide bonds. The van der Waals surface area contributed by atoms with Crippen molar-refractivity contribution in [3.05, 3.63) is 10.8 Å². The van der Waals surface area contributed by atoms with E-state index in [1.807, 2.05) is 7.05 Å². The molecule has 1 atom stereocenters. The van der Waals surface area contributed by atoms with Gasteiger partial charge in [0.25, 0.3) is 0 Å². The monoisotopic (exact) mass is 299 g/mol. The normalized spacial score (nSPS) is 21.6. The van der Waals surface area contributed by atoms with Crippen LogP contribution in [0.4, 0.5) is 11.6 Å². The van der Waals surface area contributed by atoms with Crippen LogP contribution >= 0.6 is 15.9 Å². The van der Waals surface area contributed by atoms with Crippen LogP contribution < -0.4 is 10.2 Å². The third-order valence-corrected chi connectivity index (χ3v) is 4.00. The van der Waals surface area contributed by atoms with Gasteiger partial charge in [-0.2, -0.15) is 0 Å². The van der Waals surface area contributed by atoms with E-state index >= 15 is 0 Å². The predicted molar refractivity (Wildman–Crippen MR) is 73.6 cm³/mol. The zero-order valence-electron chi connectivity index (χ0n) is 10.4. The number of nitrogens with zero attached hydrogens (tertiary/aromatic N) is 4. The Morgan fingerprint density at radius 2 is 2.18 bits per heavy atom. The fraction of sp³-hybridized carbons (Fsp3) is 0.636. The van der Waals surface area contributed by atoms with E-state index < -0.39 is 0 Å². The third-order valence-electron chi connectivity index (χ3n) is 3.27. The molecule has 0 aromatic carbocycles. The van der Waals surface area contributed by atoms with Crippen LogP contribution in [0.15, 0.2) is 10.8 Å². The number of nitrogens with one attached hydrogen (secondary N) is 1. The number of halogens is 1. The van der Waals surface area contributed by atoms with Gasteiger partial charge in [-0.15, -0.1) is 0 Å². The van der Waals surface area contributed by atoms with Gasteiger partial charge in [-0.25, -0.2) is 9.97 Å². The highest BCUT2D eigenvalue weighted by Gasteiger charge is 2.23. The van der Waals surface area contributed by atoms with Gasteiger partial charge in [0.15, 0.2) is 0 Å². The van der Waals surface area contributed by atoms with E-state index in [2.05, 4.69) is 55.0 Å². The molecule has 0 aliphatic carbocycles. The maximum atomic E-state index is 4.38. The highest BCUT2D eigenvalue weighted by atomic mass is 79.9. The Balaban J connectivity index is 2.23. The van der Waals surface area contributed by atoms with Gasteiger partial charge in [-0.05, 0) is 29.9 Å². The second-order valence-electron chi connectivity index (χ2n) is 4.39. The van der Waals surface area contributed by atoms with Crippen molar-refractivity contribution in [2.24, 2.45) is 0 Å². The van der Waals surface area contributed by atoms with Gasteiger partial charge < -0.3 is 15.1 Å². The molecule has 5 nitrogen and oxygen atoms in total. The summed E-state index contributed by atoms with van der Waals surface area (Å²) < 4.78 is 0.944. The summed E-state index contributed by atoms with van der Waals surface area (Å²) in [6, 6.07) is 0.545. The molecule has 0 spiro atoms. The molecule has 2 rings (SSSR count). The van der Waals surface area contributed by atoms with E-state index in [4.69, 9.17) is 0 Å². The first kappa shape index (κ1) is 12.6. The first-order valence-corrected chi connectivity index (χ1v) is 6.56. The Bertz CT molecular complexity index is 397. The summed E-state index contributed by atoms with van der Waals surface area (Å²) in [4.78, 5) is 13.2. The van der Waals surface area contributed by atoms with Crippen molar-refractivity contribution in [3.63, 3.8) is 0 Å². The maximum absolute atomic E-state index is 4.38. The number of rotatable bonds is 2. The molecule has 1 saturated heterocycles. The lowest BCUT2D eigenvalue weighted by atomic mass is 10.2. The number of aromatic nitrogens is 2. The minimum absolute atomic E-state index is 0.545. The smallest absolute Gasteiger partial charge is 0.148 e. The first-order valence-electron chi connectivity index (χ1n) is 5.77. The zero-order valence-corrected chi connectivity index (χ0v) is 12.0. The fourth-order valence-corrected chi connectivity index (χ4v) is 2.65. The van der Waals surface area contributed by atoms with Crippen LogP contribution in [0.5, 0.6) is 0 Å². The topological polar surface area (TPSA) is 44.3 Å². The van der Waals surface area contributed by atoms with Crippen molar-refractivity contribution < 1.29 is 0 Å². The van der Waals surface area contributed by atoms with Crippen LogP contribution in [0.1, 0.15) is 6.92 Å². The summed E-state index contributed by atoms with van der Waals surface area (Å²) >= 11 is 3.57. The lowest BCUT2D eigenvalue weighted by molar-refractivity contribution is 0.233. The standard InChI is InChI=1S/C11H18BrN5/c1-8-6-17(5-4-16(8)3)11-9(12)10(13-2)14-7-15-11/h7-8H,4-6H2,1-3H3,(H,13,14,15). The molecule has 1 aromatic rings. The molecule has 1 aliphatic rings. The molecule has 1 aromatic heterocycles. The Morgan fingerprint density at radius 1 is 1.41 bits per heavy atom. The second-order valence-corrected chi connectivity index (χ2v) is 5.18. The summed E-state index contributed by atoms with van der Waals surface area (Å²) in [5.41, 5.74) is 0. The van der Waals surface area contributed by atoms with Gasteiger partial charge in [0.05, 0.1) is 0 Å². The molecule has 1 unspecified atom stereocenters. The average Bonchev–Trinajstić information content (AvgIpc) is 2.33. The molecule has 1 fully saturated rings. The average molecular weight is 300 g/mol. The van der Waals surface area contributed by atoms with Gasteiger partial charge in [0, 0.05) is 32.7 Å². The van der Waals surface area contributed by atoms with E-state index in [9.17, 15) is 0 Å². The zero-order chi connectivity index (χ0) is 12.4. The summed E-state index contributed by atoms with van der Waals surface area (Å²) in [6.07, 6.45) is 1.61. The Morgan fingerprint density at radius 3 is 2.82 bits per heavy atom. The molecule has 1 aliphatic heterocycles. The molecular weight excluding hydrogens is 282 g/mol. The van der Waals surface area contributed by atoms with Crippen molar-refractivity contribution in [3.8, 4) is 0 Å². The van der Waals surface area contributed by atoms with E-state index in [1.54, 1.807) is 6.33 Å². The van der Waals surface area contributed by atoms with E-state index in [0.717, 1.165) is 35.7 Å². The van der Waals surface area contributed by atoms with Crippen LogP contribution in [0.2, 0.25) is 0 Å². The van der Waals surface area contributed by atoms with Gasteiger partial charge in [-0.3, -0.25) is 0 Å². The lowest BCUT2D eigenvalue weighted by Gasteiger charge is -2.38. The van der Waals surface area contributed by atoms with E-state index in [-0.39, 0.29) is 0 Å². The Hall–Kier alpha value is -0.880. The maximum Gasteiger partial charge on any atom is 0.148 e. The van der Waals surface area contributed by atoms with Crippen LogP contribution in [0, 0.1) is 0 Å². The second kappa shape index (κ2) is 5.18. The Labute approximate surface area is 110 Å². The van der Waals surface area contributed by atoms with Crippen LogP contribution in [-0.4, -0.2) is 54.6 Å². The quantitative estimate of drug-likeness (QED) is 0.895. The van der Waals surface area contributed by atoms with Gasteiger partial charge in [-0.1, -0.05) is 0 Å². The molecule has 0 radical (unpaired) electrons. The van der Waals surface area contributed by atoms with Crippen molar-refractivity contribution in [1.82, 2.24) is 14.9 Å².